The molecule has 0 spiro atoms. The Bertz CT molecular complexity index is 949. The Morgan fingerprint density at radius 2 is 1.84 bits per heavy atom. The fraction of sp³-hybridized carbons (Fsp3) is 0.429. The summed E-state index contributed by atoms with van der Waals surface area (Å²) < 4.78 is 0. The summed E-state index contributed by atoms with van der Waals surface area (Å²) in [4.78, 5) is 36.4. The number of carboxylic acid groups (broad SMARTS) is 1. The van der Waals surface area contributed by atoms with E-state index in [4.69, 9.17) is 0 Å². The van der Waals surface area contributed by atoms with Crippen LogP contribution in [-0.4, -0.2) is 59.3 Å². The van der Waals surface area contributed by atoms with Crippen LogP contribution in [-0.2, 0) is 4.79 Å². The van der Waals surface area contributed by atoms with E-state index in [1.165, 1.54) is 6.92 Å². The molecule has 2 atom stereocenters. The van der Waals surface area contributed by atoms with Crippen LogP contribution in [0.5, 0.6) is 0 Å². The summed E-state index contributed by atoms with van der Waals surface area (Å²) in [6, 6.07) is 5.25. The summed E-state index contributed by atoms with van der Waals surface area (Å²) in [6.07, 6.45) is 3.02. The predicted octanol–water partition coefficient (Wildman–Crippen LogP) is 2.43. The first-order chi connectivity index (χ1) is 14.4. The molecule has 3 heterocycles. The second kappa shape index (κ2) is 9.49. The highest BCUT2D eigenvalue weighted by Gasteiger charge is 2.33. The normalized spacial score (nSPS) is 20.5. The van der Waals surface area contributed by atoms with Crippen LogP contribution in [0.3, 0.4) is 0 Å². The van der Waals surface area contributed by atoms with Crippen LogP contribution in [0, 0.1) is 0 Å². The number of rotatable bonds is 3. The average Bonchev–Trinajstić information content (AvgIpc) is 2.73. The number of nitrogens with zero attached hydrogens (tertiary/aromatic N) is 4. The molecule has 9 nitrogen and oxygen atoms in total. The first-order valence-corrected chi connectivity index (χ1v) is 10.2. The second-order valence-corrected chi connectivity index (χ2v) is 7.76. The number of benzene rings is 1. The van der Waals surface area contributed by atoms with Gasteiger partial charge in [-0.15, -0.1) is 12.4 Å². The first kappa shape index (κ1) is 22.8. The summed E-state index contributed by atoms with van der Waals surface area (Å²) in [5.41, 5.74) is 3.26. The quantitative estimate of drug-likeness (QED) is 0.664. The molecule has 0 radical (unpaired) electrons. The number of hydrogen-bond acceptors (Lipinski definition) is 6. The van der Waals surface area contributed by atoms with Crippen LogP contribution in [0.1, 0.15) is 31.9 Å². The fourth-order valence-electron chi connectivity index (χ4n) is 4.31. The molecule has 3 N–H and O–H groups in total. The van der Waals surface area contributed by atoms with Gasteiger partial charge in [-0.3, -0.25) is 4.79 Å². The van der Waals surface area contributed by atoms with Crippen molar-refractivity contribution in [2.45, 2.75) is 32.4 Å². The summed E-state index contributed by atoms with van der Waals surface area (Å²) >= 11 is 0. The number of anilines is 2. The largest absolute Gasteiger partial charge is 0.465 e. The van der Waals surface area contributed by atoms with E-state index in [9.17, 15) is 14.7 Å². The van der Waals surface area contributed by atoms with Gasteiger partial charge in [0.05, 0.1) is 6.04 Å². The summed E-state index contributed by atoms with van der Waals surface area (Å²) in [7, 11) is 0. The lowest BCUT2D eigenvalue weighted by molar-refractivity contribution is -0.117. The molecule has 1 saturated heterocycles. The fourth-order valence-corrected chi connectivity index (χ4v) is 4.31. The molecule has 1 aromatic carbocycles. The van der Waals surface area contributed by atoms with E-state index >= 15 is 0 Å². The van der Waals surface area contributed by atoms with Crippen LogP contribution < -0.4 is 20.4 Å². The minimum atomic E-state index is -1.08. The summed E-state index contributed by atoms with van der Waals surface area (Å²) in [6.45, 7) is 7.04. The zero-order chi connectivity index (χ0) is 21.3. The number of fused-ring (bicyclic) bond motifs is 1. The van der Waals surface area contributed by atoms with Crippen molar-refractivity contribution in [3.63, 3.8) is 0 Å². The molecule has 31 heavy (non-hydrogen) atoms. The number of hydrogen-bond donors (Lipinski definition) is 3. The maximum Gasteiger partial charge on any atom is 0.405 e. The highest BCUT2D eigenvalue weighted by atomic mass is 35.5. The molecule has 2 aliphatic rings. The van der Waals surface area contributed by atoms with Gasteiger partial charge < -0.3 is 25.5 Å². The third kappa shape index (κ3) is 4.72. The Hall–Kier alpha value is -2.91. The third-order valence-corrected chi connectivity index (χ3v) is 5.69. The second-order valence-electron chi connectivity index (χ2n) is 7.76. The number of nitrogens with one attached hydrogen (secondary N) is 2. The van der Waals surface area contributed by atoms with Crippen LogP contribution >= 0.6 is 12.4 Å². The number of amides is 2. The Morgan fingerprint density at radius 3 is 2.45 bits per heavy atom. The minimum absolute atomic E-state index is 0. The van der Waals surface area contributed by atoms with Crippen molar-refractivity contribution in [3.8, 4) is 11.1 Å². The van der Waals surface area contributed by atoms with Crippen LogP contribution in [0.25, 0.3) is 11.1 Å². The van der Waals surface area contributed by atoms with E-state index in [1.807, 2.05) is 25.1 Å². The minimum Gasteiger partial charge on any atom is -0.465 e. The van der Waals surface area contributed by atoms with Crippen molar-refractivity contribution >= 4 is 36.0 Å². The van der Waals surface area contributed by atoms with E-state index in [2.05, 4.69) is 25.5 Å². The number of carbonyl (C=O) groups is 2. The smallest absolute Gasteiger partial charge is 0.405 e. The van der Waals surface area contributed by atoms with E-state index < -0.39 is 6.09 Å². The van der Waals surface area contributed by atoms with E-state index in [-0.39, 0.29) is 30.4 Å². The summed E-state index contributed by atoms with van der Waals surface area (Å²) in [5.74, 6) is 0.647. The molecular weight excluding hydrogens is 420 g/mol. The van der Waals surface area contributed by atoms with Crippen molar-refractivity contribution < 1.29 is 14.7 Å². The SMILES string of the molecule is CC(=O)N1c2ccc(-c3cnc(N4CCNCC4)nc3)cc2[C@H](NC(=O)O)C[C@@H]1C.Cl. The maximum atomic E-state index is 12.2. The third-order valence-electron chi connectivity index (χ3n) is 5.69. The zero-order valence-corrected chi connectivity index (χ0v) is 18.4. The lowest BCUT2D eigenvalue weighted by Gasteiger charge is -2.39. The van der Waals surface area contributed by atoms with Crippen molar-refractivity contribution in [2.75, 3.05) is 36.0 Å². The van der Waals surface area contributed by atoms with Crippen molar-refractivity contribution in [1.82, 2.24) is 20.6 Å². The van der Waals surface area contributed by atoms with Crippen molar-refractivity contribution in [3.05, 3.63) is 36.2 Å². The number of carbonyl (C=O) groups excluding carboxylic acids is 1. The molecular formula is C21H27ClN6O3. The summed E-state index contributed by atoms with van der Waals surface area (Å²) in [5, 5.41) is 15.2. The molecule has 10 heteroatoms. The number of piperazine rings is 1. The number of aromatic nitrogens is 2. The Morgan fingerprint density at radius 1 is 1.16 bits per heavy atom. The van der Waals surface area contributed by atoms with Crippen molar-refractivity contribution in [2.24, 2.45) is 0 Å². The molecule has 166 valence electrons. The molecule has 2 aliphatic heterocycles. The van der Waals surface area contributed by atoms with Crippen LogP contribution in [0.4, 0.5) is 16.4 Å². The molecule has 0 saturated carbocycles. The predicted molar refractivity (Wildman–Crippen MR) is 121 cm³/mol. The van der Waals surface area contributed by atoms with Gasteiger partial charge in [0.25, 0.3) is 0 Å². The van der Waals surface area contributed by atoms with Gasteiger partial charge in [0.15, 0.2) is 0 Å². The van der Waals surface area contributed by atoms with Crippen LogP contribution in [0.2, 0.25) is 0 Å². The van der Waals surface area contributed by atoms with E-state index in [1.54, 1.807) is 17.3 Å². The van der Waals surface area contributed by atoms with Gasteiger partial charge in [-0.05, 0) is 36.6 Å². The monoisotopic (exact) mass is 446 g/mol. The first-order valence-electron chi connectivity index (χ1n) is 10.2. The lowest BCUT2D eigenvalue weighted by atomic mass is 9.89. The van der Waals surface area contributed by atoms with Crippen LogP contribution in [0.15, 0.2) is 30.6 Å². The van der Waals surface area contributed by atoms with Crippen molar-refractivity contribution in [1.29, 1.82) is 0 Å². The molecule has 4 rings (SSSR count). The Kier molecular flexibility index (Phi) is 6.97. The molecule has 1 aromatic heterocycles. The van der Waals surface area contributed by atoms with E-state index in [0.717, 1.165) is 48.6 Å². The maximum absolute atomic E-state index is 12.2. The molecule has 0 unspecified atom stereocenters. The number of halogens is 1. The Labute approximate surface area is 187 Å². The molecule has 0 aliphatic carbocycles. The molecule has 2 aromatic rings. The van der Waals surface area contributed by atoms with Gasteiger partial charge in [-0.1, -0.05) is 6.07 Å². The van der Waals surface area contributed by atoms with Gasteiger partial charge in [0.1, 0.15) is 0 Å². The topological polar surface area (TPSA) is 111 Å². The molecule has 0 bridgehead atoms. The van der Waals surface area contributed by atoms with Gasteiger partial charge in [-0.2, -0.15) is 0 Å². The highest BCUT2D eigenvalue weighted by Crippen LogP contribution is 2.39. The van der Waals surface area contributed by atoms with Gasteiger partial charge in [0, 0.05) is 62.8 Å². The Balaban J connectivity index is 0.00000272. The molecule has 1 fully saturated rings. The van der Waals surface area contributed by atoms with Gasteiger partial charge in [0.2, 0.25) is 11.9 Å². The van der Waals surface area contributed by atoms with Gasteiger partial charge in [-0.25, -0.2) is 14.8 Å². The average molecular weight is 447 g/mol. The van der Waals surface area contributed by atoms with Gasteiger partial charge >= 0.3 is 6.09 Å². The standard InChI is InChI=1S/C21H26N6O3.ClH/c1-13-9-18(25-21(29)30)17-10-15(3-4-19(17)27(13)14(2)28)16-11-23-20(24-12-16)26-7-5-22-6-8-26;/h3-4,10-13,18,22,25H,5-9H2,1-2H3,(H,29,30);1H/t13-,18+;/m0./s1. The van der Waals surface area contributed by atoms with E-state index in [0.29, 0.717) is 12.4 Å². The zero-order valence-electron chi connectivity index (χ0n) is 17.5. The lowest BCUT2D eigenvalue weighted by Crippen LogP contribution is -2.45. The molecule has 2 amide bonds. The highest BCUT2D eigenvalue weighted by molar-refractivity contribution is 5.94.